The maximum atomic E-state index is 11.1. The Morgan fingerprint density at radius 1 is 1.44 bits per heavy atom. The topological polar surface area (TPSA) is 84.9 Å². The van der Waals surface area contributed by atoms with Crippen LogP contribution < -0.4 is 4.74 Å². The second-order valence-corrected chi connectivity index (χ2v) is 6.64. The third-order valence-electron chi connectivity index (χ3n) is 2.10. The SMILES string of the molecule is COc1cc(Br)ccc1-c1n[nH]c(S(=O)(=O)Cl)n1. The molecule has 0 radical (unpaired) electrons. The normalized spacial score (nSPS) is 11.5. The highest BCUT2D eigenvalue weighted by Crippen LogP contribution is 2.30. The summed E-state index contributed by atoms with van der Waals surface area (Å²) >= 11 is 3.30. The second kappa shape index (κ2) is 4.87. The molecule has 1 aromatic carbocycles. The molecule has 0 atom stereocenters. The minimum Gasteiger partial charge on any atom is -0.496 e. The lowest BCUT2D eigenvalue weighted by Gasteiger charge is -2.05. The minimum absolute atomic E-state index is 0.193. The lowest BCUT2D eigenvalue weighted by atomic mass is 10.2. The molecular weight excluding hydrogens is 346 g/mol. The molecule has 0 aliphatic heterocycles. The zero-order chi connectivity index (χ0) is 13.3. The fraction of sp³-hybridized carbons (Fsp3) is 0.111. The Labute approximate surface area is 116 Å². The number of hydrogen-bond acceptors (Lipinski definition) is 5. The molecule has 1 heterocycles. The molecular formula is C9H7BrClN3O3S. The van der Waals surface area contributed by atoms with Crippen LogP contribution in [0.25, 0.3) is 11.4 Å². The molecule has 0 aliphatic carbocycles. The summed E-state index contributed by atoms with van der Waals surface area (Å²) in [6, 6.07) is 5.19. The van der Waals surface area contributed by atoms with Gasteiger partial charge in [-0.2, -0.15) is 10.1 Å². The molecule has 0 saturated carbocycles. The summed E-state index contributed by atoms with van der Waals surface area (Å²) in [7, 11) is 2.73. The van der Waals surface area contributed by atoms with Gasteiger partial charge in [0, 0.05) is 15.2 Å². The van der Waals surface area contributed by atoms with Crippen molar-refractivity contribution in [2.45, 2.75) is 5.16 Å². The van der Waals surface area contributed by atoms with Crippen molar-refractivity contribution < 1.29 is 13.2 Å². The van der Waals surface area contributed by atoms with Crippen molar-refractivity contribution in [3.05, 3.63) is 22.7 Å². The van der Waals surface area contributed by atoms with Gasteiger partial charge in [0.1, 0.15) is 5.75 Å². The van der Waals surface area contributed by atoms with E-state index in [0.717, 1.165) is 4.47 Å². The van der Waals surface area contributed by atoms with Crippen molar-refractivity contribution in [3.8, 4) is 17.1 Å². The number of rotatable bonds is 3. The van der Waals surface area contributed by atoms with Crippen LogP contribution in [0.1, 0.15) is 0 Å². The first-order valence-electron chi connectivity index (χ1n) is 4.63. The molecule has 0 fully saturated rings. The Morgan fingerprint density at radius 3 is 2.72 bits per heavy atom. The van der Waals surface area contributed by atoms with Gasteiger partial charge in [0.25, 0.3) is 14.2 Å². The lowest BCUT2D eigenvalue weighted by molar-refractivity contribution is 0.416. The van der Waals surface area contributed by atoms with Gasteiger partial charge in [-0.05, 0) is 18.2 Å². The summed E-state index contributed by atoms with van der Waals surface area (Å²) in [6.45, 7) is 0. The first kappa shape index (κ1) is 13.3. The van der Waals surface area contributed by atoms with Gasteiger partial charge in [-0.15, -0.1) is 0 Å². The minimum atomic E-state index is -3.92. The van der Waals surface area contributed by atoms with Gasteiger partial charge in [0.2, 0.25) is 0 Å². The molecule has 18 heavy (non-hydrogen) atoms. The van der Waals surface area contributed by atoms with Crippen LogP contribution in [0.2, 0.25) is 0 Å². The van der Waals surface area contributed by atoms with Crippen LogP contribution in [0.3, 0.4) is 0 Å². The quantitative estimate of drug-likeness (QED) is 0.856. The highest BCUT2D eigenvalue weighted by molar-refractivity contribution is 9.10. The average Bonchev–Trinajstić information content (AvgIpc) is 2.77. The van der Waals surface area contributed by atoms with Crippen molar-refractivity contribution in [3.63, 3.8) is 0 Å². The van der Waals surface area contributed by atoms with Gasteiger partial charge < -0.3 is 4.74 Å². The van der Waals surface area contributed by atoms with E-state index in [4.69, 9.17) is 15.4 Å². The average molecular weight is 353 g/mol. The van der Waals surface area contributed by atoms with Crippen LogP contribution in [-0.2, 0) is 9.05 Å². The molecule has 0 saturated heterocycles. The van der Waals surface area contributed by atoms with Crippen molar-refractivity contribution in [1.82, 2.24) is 15.2 Å². The fourth-order valence-electron chi connectivity index (χ4n) is 1.33. The number of aromatic amines is 1. The molecule has 0 bridgehead atoms. The van der Waals surface area contributed by atoms with E-state index in [9.17, 15) is 8.42 Å². The van der Waals surface area contributed by atoms with E-state index in [1.165, 1.54) is 7.11 Å². The predicted octanol–water partition coefficient (Wildman–Crippen LogP) is 2.17. The monoisotopic (exact) mass is 351 g/mol. The summed E-state index contributed by atoms with van der Waals surface area (Å²) in [6.07, 6.45) is 0. The number of hydrogen-bond donors (Lipinski definition) is 1. The Bertz CT molecular complexity index is 686. The van der Waals surface area contributed by atoms with Crippen molar-refractivity contribution >= 4 is 35.7 Å². The van der Waals surface area contributed by atoms with Gasteiger partial charge >= 0.3 is 0 Å². The summed E-state index contributed by atoms with van der Waals surface area (Å²) < 4.78 is 28.2. The number of benzene rings is 1. The van der Waals surface area contributed by atoms with Crippen LogP contribution in [0.4, 0.5) is 0 Å². The van der Waals surface area contributed by atoms with Crippen molar-refractivity contribution in [2.24, 2.45) is 0 Å². The smallest absolute Gasteiger partial charge is 0.296 e. The molecule has 0 amide bonds. The number of methoxy groups -OCH3 is 1. The van der Waals surface area contributed by atoms with E-state index in [1.807, 2.05) is 0 Å². The standard InChI is InChI=1S/C9H7BrClN3O3S/c1-17-7-4-5(10)2-3-6(7)8-12-9(14-13-8)18(11,15)16/h2-4H,1H3,(H,12,13,14). The van der Waals surface area contributed by atoms with Crippen LogP contribution in [-0.4, -0.2) is 30.7 Å². The first-order chi connectivity index (χ1) is 8.41. The zero-order valence-corrected chi connectivity index (χ0v) is 12.2. The molecule has 1 aromatic heterocycles. The van der Waals surface area contributed by atoms with E-state index < -0.39 is 14.2 Å². The molecule has 0 spiro atoms. The van der Waals surface area contributed by atoms with Crippen LogP contribution in [0.15, 0.2) is 27.8 Å². The Hall–Kier alpha value is -1.12. The number of H-pyrrole nitrogens is 1. The second-order valence-electron chi connectivity index (χ2n) is 3.25. The summed E-state index contributed by atoms with van der Waals surface area (Å²) in [4.78, 5) is 3.81. The van der Waals surface area contributed by atoms with Gasteiger partial charge in [0.05, 0.1) is 12.7 Å². The largest absolute Gasteiger partial charge is 0.496 e. The molecule has 9 heteroatoms. The van der Waals surface area contributed by atoms with E-state index >= 15 is 0 Å². The summed E-state index contributed by atoms with van der Waals surface area (Å²) in [5.41, 5.74) is 0.559. The summed E-state index contributed by atoms with van der Waals surface area (Å²) in [5, 5.41) is 5.66. The van der Waals surface area contributed by atoms with Crippen LogP contribution in [0.5, 0.6) is 5.75 Å². The van der Waals surface area contributed by atoms with Crippen molar-refractivity contribution in [1.29, 1.82) is 0 Å². The number of nitrogens with zero attached hydrogens (tertiary/aromatic N) is 2. The predicted molar refractivity (Wildman–Crippen MR) is 69.1 cm³/mol. The Kier molecular flexibility index (Phi) is 3.60. The maximum absolute atomic E-state index is 11.1. The van der Waals surface area contributed by atoms with Gasteiger partial charge in [-0.25, -0.2) is 13.5 Å². The molecule has 2 aromatic rings. The molecule has 0 unspecified atom stereocenters. The molecule has 2 rings (SSSR count). The Balaban J connectivity index is 2.53. The maximum Gasteiger partial charge on any atom is 0.296 e. The van der Waals surface area contributed by atoms with Crippen LogP contribution in [0, 0.1) is 0 Å². The molecule has 0 aliphatic rings. The third-order valence-corrected chi connectivity index (χ3v) is 3.68. The zero-order valence-electron chi connectivity index (χ0n) is 9.02. The highest BCUT2D eigenvalue weighted by atomic mass is 79.9. The number of halogens is 2. The summed E-state index contributed by atoms with van der Waals surface area (Å²) in [5.74, 6) is 0.709. The fourth-order valence-corrected chi connectivity index (χ4v) is 2.22. The van der Waals surface area contributed by atoms with Gasteiger partial charge in [-0.1, -0.05) is 15.9 Å². The molecule has 1 N–H and O–H groups in total. The highest BCUT2D eigenvalue weighted by Gasteiger charge is 2.18. The van der Waals surface area contributed by atoms with E-state index in [0.29, 0.717) is 11.3 Å². The van der Waals surface area contributed by atoms with E-state index in [-0.39, 0.29) is 5.82 Å². The number of aromatic nitrogens is 3. The molecule has 6 nitrogen and oxygen atoms in total. The van der Waals surface area contributed by atoms with E-state index in [1.54, 1.807) is 18.2 Å². The third kappa shape index (κ3) is 2.65. The number of ether oxygens (including phenoxy) is 1. The lowest BCUT2D eigenvalue weighted by Crippen LogP contribution is -1.93. The molecule has 96 valence electrons. The van der Waals surface area contributed by atoms with Crippen LogP contribution >= 0.6 is 26.6 Å². The Morgan fingerprint density at radius 2 is 2.17 bits per heavy atom. The van der Waals surface area contributed by atoms with Gasteiger partial charge in [0.15, 0.2) is 5.82 Å². The first-order valence-corrected chi connectivity index (χ1v) is 7.73. The van der Waals surface area contributed by atoms with Gasteiger partial charge in [-0.3, -0.25) is 0 Å². The van der Waals surface area contributed by atoms with Crippen molar-refractivity contribution in [2.75, 3.05) is 7.11 Å². The number of nitrogens with one attached hydrogen (secondary N) is 1. The van der Waals surface area contributed by atoms with E-state index in [2.05, 4.69) is 31.1 Å².